The number of hydrogen-bond donors (Lipinski definition) is 1. The first-order valence-corrected chi connectivity index (χ1v) is 12.1. The van der Waals surface area contributed by atoms with Gasteiger partial charge in [0.05, 0.1) is 11.3 Å². The van der Waals surface area contributed by atoms with Crippen molar-refractivity contribution in [1.29, 1.82) is 0 Å². The number of imidazole rings is 1. The summed E-state index contributed by atoms with van der Waals surface area (Å²) < 4.78 is 2.11. The minimum atomic E-state index is 0.461. The van der Waals surface area contributed by atoms with Crippen molar-refractivity contribution in [3.8, 4) is 17.1 Å². The van der Waals surface area contributed by atoms with E-state index in [9.17, 15) is 0 Å². The maximum absolute atomic E-state index is 6.28. The summed E-state index contributed by atoms with van der Waals surface area (Å²) in [5, 5.41) is 0. The molecule has 170 valence electrons. The van der Waals surface area contributed by atoms with Gasteiger partial charge in [-0.15, -0.1) is 0 Å². The van der Waals surface area contributed by atoms with Crippen molar-refractivity contribution in [2.75, 3.05) is 18.8 Å². The van der Waals surface area contributed by atoms with Crippen LogP contribution in [0.5, 0.6) is 0 Å². The summed E-state index contributed by atoms with van der Waals surface area (Å²) in [4.78, 5) is 16.8. The molecule has 4 heterocycles. The van der Waals surface area contributed by atoms with Gasteiger partial charge in [-0.3, -0.25) is 9.47 Å². The van der Waals surface area contributed by atoms with Crippen molar-refractivity contribution in [2.24, 2.45) is 0 Å². The number of pyridine rings is 2. The van der Waals surface area contributed by atoms with Gasteiger partial charge in [0, 0.05) is 18.4 Å². The molecule has 4 aromatic rings. The lowest BCUT2D eigenvalue weighted by atomic mass is 10.0. The summed E-state index contributed by atoms with van der Waals surface area (Å²) in [5.74, 6) is 1.22. The van der Waals surface area contributed by atoms with E-state index in [0.29, 0.717) is 5.82 Å². The molecule has 6 rings (SSSR count). The lowest BCUT2D eigenvalue weighted by Crippen LogP contribution is -2.18. The van der Waals surface area contributed by atoms with Gasteiger partial charge in [0.1, 0.15) is 11.3 Å². The maximum Gasteiger partial charge on any atom is 0.165 e. The number of fused-ring (bicyclic) bond motifs is 1. The zero-order valence-corrected chi connectivity index (χ0v) is 19.2. The summed E-state index contributed by atoms with van der Waals surface area (Å²) in [5.41, 5.74) is 13.2. The van der Waals surface area contributed by atoms with Gasteiger partial charge in [0.25, 0.3) is 0 Å². The highest BCUT2D eigenvalue weighted by Crippen LogP contribution is 2.32. The van der Waals surface area contributed by atoms with Crippen LogP contribution in [0.1, 0.15) is 36.9 Å². The molecule has 0 amide bonds. The second-order valence-corrected chi connectivity index (χ2v) is 9.04. The van der Waals surface area contributed by atoms with Crippen molar-refractivity contribution in [2.45, 2.75) is 32.2 Å². The molecule has 34 heavy (non-hydrogen) atoms. The quantitative estimate of drug-likeness (QED) is 0.443. The van der Waals surface area contributed by atoms with E-state index in [1.807, 2.05) is 12.1 Å². The van der Waals surface area contributed by atoms with Gasteiger partial charge in [-0.2, -0.15) is 0 Å². The van der Waals surface area contributed by atoms with Crippen molar-refractivity contribution < 1.29 is 0 Å². The third kappa shape index (κ3) is 3.90. The Kier molecular flexibility index (Phi) is 5.43. The van der Waals surface area contributed by atoms with Crippen LogP contribution in [0, 0.1) is 0 Å². The molecule has 1 fully saturated rings. The number of nitrogen functional groups attached to an aromatic ring is 1. The molecule has 0 spiro atoms. The van der Waals surface area contributed by atoms with Crippen LogP contribution >= 0.6 is 0 Å². The molecule has 0 unspecified atom stereocenters. The summed E-state index contributed by atoms with van der Waals surface area (Å²) in [6, 6.07) is 16.7. The van der Waals surface area contributed by atoms with Gasteiger partial charge >= 0.3 is 0 Å². The van der Waals surface area contributed by atoms with Crippen molar-refractivity contribution in [3.05, 3.63) is 84.2 Å². The first kappa shape index (κ1) is 20.8. The molecule has 0 atom stereocenters. The molecule has 3 aromatic heterocycles. The first-order chi connectivity index (χ1) is 16.8. The summed E-state index contributed by atoms with van der Waals surface area (Å²) in [7, 11) is 0. The molecule has 1 saturated heterocycles. The Morgan fingerprint density at radius 2 is 1.76 bits per heavy atom. The number of likely N-dealkylation sites (tertiary alicyclic amines) is 1. The summed E-state index contributed by atoms with van der Waals surface area (Å²) >= 11 is 0. The Morgan fingerprint density at radius 1 is 0.912 bits per heavy atom. The number of hydrogen-bond acceptors (Lipinski definition) is 5. The topological polar surface area (TPSA) is 72.9 Å². The summed E-state index contributed by atoms with van der Waals surface area (Å²) in [6.45, 7) is 3.38. The molecule has 0 saturated carbocycles. The zero-order chi connectivity index (χ0) is 22.9. The predicted octanol–water partition coefficient (Wildman–Crippen LogP) is 5.39. The number of allylic oxidation sites excluding steroid dienone is 4. The lowest BCUT2D eigenvalue weighted by Gasteiger charge is -2.15. The highest BCUT2D eigenvalue weighted by atomic mass is 15.1. The molecule has 0 bridgehead atoms. The van der Waals surface area contributed by atoms with E-state index in [0.717, 1.165) is 58.9 Å². The molecular formula is C28H28N6. The van der Waals surface area contributed by atoms with Gasteiger partial charge in [0.15, 0.2) is 11.5 Å². The number of aromatic nitrogens is 4. The molecule has 6 nitrogen and oxygen atoms in total. The predicted molar refractivity (Wildman–Crippen MR) is 137 cm³/mol. The molecule has 1 aliphatic carbocycles. The molecule has 0 radical (unpaired) electrons. The SMILES string of the molecule is Nc1ncccc1-c1nc2ccc(C3=CCCC=C3)nc2n1-c1ccc(CN2CCCC2)cc1. The van der Waals surface area contributed by atoms with E-state index in [4.69, 9.17) is 15.7 Å². The van der Waals surface area contributed by atoms with E-state index < -0.39 is 0 Å². The van der Waals surface area contributed by atoms with Crippen molar-refractivity contribution >= 4 is 22.6 Å². The number of rotatable bonds is 5. The van der Waals surface area contributed by atoms with E-state index >= 15 is 0 Å². The maximum atomic E-state index is 6.28. The smallest absolute Gasteiger partial charge is 0.165 e. The van der Waals surface area contributed by atoms with E-state index in [1.54, 1.807) is 6.20 Å². The molecule has 2 aliphatic rings. The second kappa shape index (κ2) is 8.88. The van der Waals surface area contributed by atoms with E-state index in [-0.39, 0.29) is 0 Å². The van der Waals surface area contributed by atoms with Crippen LogP contribution in [0.15, 0.2) is 73.0 Å². The van der Waals surface area contributed by atoms with E-state index in [1.165, 1.54) is 31.5 Å². The fourth-order valence-electron chi connectivity index (χ4n) is 4.90. The third-order valence-electron chi connectivity index (χ3n) is 6.67. The van der Waals surface area contributed by atoms with Crippen LogP contribution in [0.3, 0.4) is 0 Å². The number of nitrogens with zero attached hydrogens (tertiary/aromatic N) is 5. The van der Waals surface area contributed by atoms with Crippen LogP contribution in [-0.4, -0.2) is 37.5 Å². The average Bonchev–Trinajstić information content (AvgIpc) is 3.53. The normalized spacial score (nSPS) is 16.3. The highest BCUT2D eigenvalue weighted by molar-refractivity contribution is 5.85. The molecule has 1 aromatic carbocycles. The minimum absolute atomic E-state index is 0.461. The van der Waals surface area contributed by atoms with E-state index in [2.05, 4.69) is 69.1 Å². The van der Waals surface area contributed by atoms with Crippen LogP contribution in [0.4, 0.5) is 5.82 Å². The van der Waals surface area contributed by atoms with Crippen LogP contribution < -0.4 is 5.73 Å². The van der Waals surface area contributed by atoms with Gasteiger partial charge in [0.2, 0.25) is 0 Å². The van der Waals surface area contributed by atoms with Gasteiger partial charge in [-0.05, 0) is 86.3 Å². The highest BCUT2D eigenvalue weighted by Gasteiger charge is 2.19. The monoisotopic (exact) mass is 448 g/mol. The Balaban J connectivity index is 1.48. The van der Waals surface area contributed by atoms with Gasteiger partial charge < -0.3 is 5.73 Å². The van der Waals surface area contributed by atoms with Gasteiger partial charge in [-0.1, -0.05) is 30.4 Å². The van der Waals surface area contributed by atoms with Crippen LogP contribution in [-0.2, 0) is 6.54 Å². The molecule has 6 heteroatoms. The van der Waals surface area contributed by atoms with Crippen LogP contribution in [0.25, 0.3) is 33.8 Å². The largest absolute Gasteiger partial charge is 0.383 e. The average molecular weight is 449 g/mol. The first-order valence-electron chi connectivity index (χ1n) is 12.1. The second-order valence-electron chi connectivity index (χ2n) is 9.04. The van der Waals surface area contributed by atoms with Crippen molar-refractivity contribution in [1.82, 2.24) is 24.4 Å². The minimum Gasteiger partial charge on any atom is -0.383 e. The Labute approximate surface area is 199 Å². The Morgan fingerprint density at radius 3 is 2.53 bits per heavy atom. The third-order valence-corrected chi connectivity index (χ3v) is 6.67. The number of benzene rings is 1. The standard InChI is InChI=1S/C28H28N6/c29-26-23(9-6-16-30-26)27-32-25-15-14-24(21-7-2-1-3-8-21)31-28(25)34(27)22-12-10-20(11-13-22)19-33-17-4-5-18-33/h2,6-16H,1,3-5,17-19H2,(H2,29,30). The molecular weight excluding hydrogens is 420 g/mol. The fraction of sp³-hybridized carbons (Fsp3) is 0.250. The lowest BCUT2D eigenvalue weighted by molar-refractivity contribution is 0.331. The number of nitrogens with two attached hydrogens (primary N) is 1. The molecule has 1 aliphatic heterocycles. The Bertz CT molecular complexity index is 1390. The van der Waals surface area contributed by atoms with Gasteiger partial charge in [-0.25, -0.2) is 15.0 Å². The number of anilines is 1. The molecule has 2 N–H and O–H groups in total. The Hall–Kier alpha value is -3.77. The van der Waals surface area contributed by atoms with Crippen molar-refractivity contribution in [3.63, 3.8) is 0 Å². The fourth-order valence-corrected chi connectivity index (χ4v) is 4.90. The summed E-state index contributed by atoms with van der Waals surface area (Å²) in [6.07, 6.45) is 13.0. The zero-order valence-electron chi connectivity index (χ0n) is 19.2. The van der Waals surface area contributed by atoms with Crippen LogP contribution in [0.2, 0.25) is 0 Å².